The standard InChI is InChI=1S/C16H23ClN2O/c1-12(2)18-15-6-8-19(9-7-15)16(20)11-13-4-3-5-14(17)10-13/h3-5,10,12,15,18H,6-9,11H2,1-2H3. The number of nitrogens with one attached hydrogen (secondary N) is 1. The van der Waals surface area contributed by atoms with Gasteiger partial charge < -0.3 is 10.2 Å². The van der Waals surface area contributed by atoms with Crippen molar-refractivity contribution in [3.63, 3.8) is 0 Å². The second kappa shape index (κ2) is 7.09. The molecule has 0 bridgehead atoms. The van der Waals surface area contributed by atoms with Crippen molar-refractivity contribution in [3.8, 4) is 0 Å². The van der Waals surface area contributed by atoms with Crippen molar-refractivity contribution >= 4 is 17.5 Å². The van der Waals surface area contributed by atoms with Crippen molar-refractivity contribution in [1.82, 2.24) is 10.2 Å². The lowest BCUT2D eigenvalue weighted by Crippen LogP contribution is -2.47. The van der Waals surface area contributed by atoms with Crippen LogP contribution in [0.1, 0.15) is 32.3 Å². The van der Waals surface area contributed by atoms with Gasteiger partial charge >= 0.3 is 0 Å². The van der Waals surface area contributed by atoms with Crippen LogP contribution in [0.5, 0.6) is 0 Å². The van der Waals surface area contributed by atoms with E-state index in [2.05, 4.69) is 19.2 Å². The summed E-state index contributed by atoms with van der Waals surface area (Å²) < 4.78 is 0. The van der Waals surface area contributed by atoms with E-state index in [0.717, 1.165) is 31.5 Å². The average molecular weight is 295 g/mol. The highest BCUT2D eigenvalue weighted by molar-refractivity contribution is 6.30. The number of benzene rings is 1. The molecule has 1 saturated heterocycles. The minimum atomic E-state index is 0.204. The molecule has 1 fully saturated rings. The van der Waals surface area contributed by atoms with E-state index >= 15 is 0 Å². The fraction of sp³-hybridized carbons (Fsp3) is 0.562. The zero-order valence-corrected chi connectivity index (χ0v) is 13.0. The molecule has 110 valence electrons. The summed E-state index contributed by atoms with van der Waals surface area (Å²) in [6.07, 6.45) is 2.53. The molecule has 0 aliphatic carbocycles. The van der Waals surface area contributed by atoms with E-state index in [1.807, 2.05) is 29.2 Å². The molecular formula is C16H23ClN2O. The lowest BCUT2D eigenvalue weighted by molar-refractivity contribution is -0.131. The molecule has 1 aromatic carbocycles. The first kappa shape index (κ1) is 15.3. The Balaban J connectivity index is 1.83. The summed E-state index contributed by atoms with van der Waals surface area (Å²) in [6.45, 7) is 6.03. The van der Waals surface area contributed by atoms with Gasteiger partial charge in [-0.15, -0.1) is 0 Å². The number of rotatable bonds is 4. The number of piperidine rings is 1. The van der Waals surface area contributed by atoms with Gasteiger partial charge in [0, 0.05) is 30.2 Å². The van der Waals surface area contributed by atoms with Gasteiger partial charge in [-0.3, -0.25) is 4.79 Å². The van der Waals surface area contributed by atoms with Gasteiger partial charge in [-0.05, 0) is 30.5 Å². The molecule has 1 amide bonds. The van der Waals surface area contributed by atoms with Gasteiger partial charge in [0.05, 0.1) is 6.42 Å². The van der Waals surface area contributed by atoms with Crippen LogP contribution in [0.4, 0.5) is 0 Å². The average Bonchev–Trinajstić information content (AvgIpc) is 2.38. The molecular weight excluding hydrogens is 272 g/mol. The van der Waals surface area contributed by atoms with Crippen LogP contribution < -0.4 is 5.32 Å². The van der Waals surface area contributed by atoms with Crippen LogP contribution in [0.25, 0.3) is 0 Å². The Morgan fingerprint density at radius 2 is 2.10 bits per heavy atom. The maximum atomic E-state index is 12.3. The molecule has 0 radical (unpaired) electrons. The summed E-state index contributed by atoms with van der Waals surface area (Å²) in [6, 6.07) is 8.60. The van der Waals surface area contributed by atoms with Gasteiger partial charge in [-0.1, -0.05) is 37.6 Å². The number of nitrogens with zero attached hydrogens (tertiary/aromatic N) is 1. The number of halogens is 1. The molecule has 1 aromatic rings. The minimum Gasteiger partial charge on any atom is -0.342 e. The topological polar surface area (TPSA) is 32.3 Å². The lowest BCUT2D eigenvalue weighted by Gasteiger charge is -2.33. The maximum Gasteiger partial charge on any atom is 0.226 e. The quantitative estimate of drug-likeness (QED) is 0.926. The summed E-state index contributed by atoms with van der Waals surface area (Å²) in [5.74, 6) is 0.204. The van der Waals surface area contributed by atoms with Gasteiger partial charge in [0.2, 0.25) is 5.91 Å². The molecule has 0 saturated carbocycles. The van der Waals surface area contributed by atoms with Gasteiger partial charge in [-0.2, -0.15) is 0 Å². The van der Waals surface area contributed by atoms with E-state index in [9.17, 15) is 4.79 Å². The van der Waals surface area contributed by atoms with Crippen LogP contribution in [0.2, 0.25) is 5.02 Å². The molecule has 0 spiro atoms. The molecule has 2 rings (SSSR count). The van der Waals surface area contributed by atoms with Gasteiger partial charge in [0.25, 0.3) is 0 Å². The van der Waals surface area contributed by atoms with E-state index < -0.39 is 0 Å². The van der Waals surface area contributed by atoms with Crippen molar-refractivity contribution in [2.75, 3.05) is 13.1 Å². The van der Waals surface area contributed by atoms with Gasteiger partial charge in [0.1, 0.15) is 0 Å². The second-order valence-corrected chi connectivity index (χ2v) is 6.22. The van der Waals surface area contributed by atoms with Crippen molar-refractivity contribution in [1.29, 1.82) is 0 Å². The molecule has 0 atom stereocenters. The molecule has 1 aliphatic heterocycles. The normalized spacial score (nSPS) is 16.7. The first-order chi connectivity index (χ1) is 9.54. The molecule has 0 unspecified atom stereocenters. The Kier molecular flexibility index (Phi) is 5.44. The number of hydrogen-bond donors (Lipinski definition) is 1. The number of likely N-dealkylation sites (tertiary alicyclic amines) is 1. The Labute approximate surface area is 126 Å². The van der Waals surface area contributed by atoms with Crippen LogP contribution in [-0.4, -0.2) is 36.0 Å². The third-order valence-corrected chi connectivity index (χ3v) is 3.90. The Morgan fingerprint density at radius 1 is 1.40 bits per heavy atom. The zero-order chi connectivity index (χ0) is 14.5. The summed E-state index contributed by atoms with van der Waals surface area (Å²) in [4.78, 5) is 14.2. The smallest absolute Gasteiger partial charge is 0.226 e. The van der Waals surface area contributed by atoms with E-state index in [1.165, 1.54) is 0 Å². The third kappa shape index (κ3) is 4.50. The predicted octanol–water partition coefficient (Wildman–Crippen LogP) is 2.87. The monoisotopic (exact) mass is 294 g/mol. The summed E-state index contributed by atoms with van der Waals surface area (Å²) in [5.41, 5.74) is 0.991. The van der Waals surface area contributed by atoms with Crippen molar-refractivity contribution < 1.29 is 4.79 Å². The Bertz CT molecular complexity index is 454. The van der Waals surface area contributed by atoms with Crippen LogP contribution >= 0.6 is 11.6 Å². The zero-order valence-electron chi connectivity index (χ0n) is 12.2. The summed E-state index contributed by atoms with van der Waals surface area (Å²) in [5, 5.41) is 4.23. The van der Waals surface area contributed by atoms with E-state index in [4.69, 9.17) is 11.6 Å². The number of carbonyl (C=O) groups is 1. The highest BCUT2D eigenvalue weighted by atomic mass is 35.5. The molecule has 1 N–H and O–H groups in total. The lowest BCUT2D eigenvalue weighted by atomic mass is 10.0. The van der Waals surface area contributed by atoms with Crippen molar-refractivity contribution in [3.05, 3.63) is 34.9 Å². The summed E-state index contributed by atoms with van der Waals surface area (Å²) >= 11 is 5.95. The van der Waals surface area contributed by atoms with Crippen LogP contribution in [-0.2, 0) is 11.2 Å². The molecule has 1 aliphatic rings. The van der Waals surface area contributed by atoms with Crippen LogP contribution in [0.15, 0.2) is 24.3 Å². The number of hydrogen-bond acceptors (Lipinski definition) is 2. The Hall–Kier alpha value is -1.06. The Morgan fingerprint density at radius 3 is 2.70 bits per heavy atom. The fourth-order valence-corrected chi connectivity index (χ4v) is 2.91. The fourth-order valence-electron chi connectivity index (χ4n) is 2.70. The van der Waals surface area contributed by atoms with Gasteiger partial charge in [-0.25, -0.2) is 0 Å². The first-order valence-corrected chi connectivity index (χ1v) is 7.70. The van der Waals surface area contributed by atoms with E-state index in [1.54, 1.807) is 0 Å². The largest absolute Gasteiger partial charge is 0.342 e. The molecule has 4 heteroatoms. The third-order valence-electron chi connectivity index (χ3n) is 3.66. The molecule has 3 nitrogen and oxygen atoms in total. The van der Waals surface area contributed by atoms with E-state index in [0.29, 0.717) is 23.5 Å². The van der Waals surface area contributed by atoms with Gasteiger partial charge in [0.15, 0.2) is 0 Å². The highest BCUT2D eigenvalue weighted by Crippen LogP contribution is 2.15. The number of carbonyl (C=O) groups excluding carboxylic acids is 1. The van der Waals surface area contributed by atoms with Crippen LogP contribution in [0, 0.1) is 0 Å². The minimum absolute atomic E-state index is 0.204. The SMILES string of the molecule is CC(C)NC1CCN(C(=O)Cc2cccc(Cl)c2)CC1. The summed E-state index contributed by atoms with van der Waals surface area (Å²) in [7, 11) is 0. The molecule has 1 heterocycles. The van der Waals surface area contributed by atoms with Crippen LogP contribution in [0.3, 0.4) is 0 Å². The second-order valence-electron chi connectivity index (χ2n) is 5.78. The van der Waals surface area contributed by atoms with Crippen molar-refractivity contribution in [2.45, 2.75) is 45.2 Å². The molecule has 20 heavy (non-hydrogen) atoms. The first-order valence-electron chi connectivity index (χ1n) is 7.33. The van der Waals surface area contributed by atoms with Crippen molar-refractivity contribution in [2.24, 2.45) is 0 Å². The molecule has 0 aromatic heterocycles. The highest BCUT2D eigenvalue weighted by Gasteiger charge is 2.22. The van der Waals surface area contributed by atoms with E-state index in [-0.39, 0.29) is 5.91 Å². The predicted molar refractivity (Wildman–Crippen MR) is 83.0 cm³/mol. The maximum absolute atomic E-state index is 12.3. The number of amides is 1.